The molecule has 0 spiro atoms. The molecular formula is C12H26N2. The van der Waals surface area contributed by atoms with E-state index in [1.807, 2.05) is 0 Å². The van der Waals surface area contributed by atoms with Crippen molar-refractivity contribution in [3.63, 3.8) is 0 Å². The van der Waals surface area contributed by atoms with E-state index in [1.54, 1.807) is 0 Å². The van der Waals surface area contributed by atoms with Gasteiger partial charge in [-0.05, 0) is 26.7 Å². The smallest absolute Gasteiger partial charge is 0.0113 e. The highest BCUT2D eigenvalue weighted by molar-refractivity contribution is 4.79. The van der Waals surface area contributed by atoms with Gasteiger partial charge in [0.05, 0.1) is 0 Å². The Kier molecular flexibility index (Phi) is 4.90. The van der Waals surface area contributed by atoms with Crippen LogP contribution in [0.3, 0.4) is 0 Å². The monoisotopic (exact) mass is 198 g/mol. The molecule has 0 aromatic rings. The second kappa shape index (κ2) is 5.72. The lowest BCUT2D eigenvalue weighted by Crippen LogP contribution is -2.47. The second-order valence-corrected chi connectivity index (χ2v) is 4.98. The molecule has 1 rings (SSSR count). The van der Waals surface area contributed by atoms with Crippen molar-refractivity contribution in [1.29, 1.82) is 0 Å². The Morgan fingerprint density at radius 3 is 2.29 bits per heavy atom. The quantitative estimate of drug-likeness (QED) is 0.745. The van der Waals surface area contributed by atoms with Crippen molar-refractivity contribution < 1.29 is 0 Å². The first-order valence-corrected chi connectivity index (χ1v) is 6.10. The van der Waals surface area contributed by atoms with Gasteiger partial charge in [0.15, 0.2) is 0 Å². The summed E-state index contributed by atoms with van der Waals surface area (Å²) in [5.74, 6) is 0. The van der Waals surface area contributed by atoms with Crippen LogP contribution >= 0.6 is 0 Å². The highest BCUT2D eigenvalue weighted by Gasteiger charge is 2.23. The van der Waals surface area contributed by atoms with E-state index in [1.165, 1.54) is 25.8 Å². The van der Waals surface area contributed by atoms with Gasteiger partial charge >= 0.3 is 0 Å². The molecule has 0 radical (unpaired) electrons. The lowest BCUT2D eigenvalue weighted by atomic mass is 9.98. The van der Waals surface area contributed by atoms with Crippen molar-refractivity contribution in [1.82, 2.24) is 10.2 Å². The average Bonchev–Trinajstić information content (AvgIpc) is 2.09. The lowest BCUT2D eigenvalue weighted by molar-refractivity contribution is 0.104. The van der Waals surface area contributed by atoms with Crippen molar-refractivity contribution in [2.45, 2.75) is 65.1 Å². The van der Waals surface area contributed by atoms with Crippen LogP contribution in [0.2, 0.25) is 0 Å². The first kappa shape index (κ1) is 12.0. The zero-order valence-corrected chi connectivity index (χ0v) is 10.2. The minimum Gasteiger partial charge on any atom is -0.313 e. The molecule has 2 atom stereocenters. The van der Waals surface area contributed by atoms with Gasteiger partial charge in [-0.15, -0.1) is 0 Å². The third-order valence-corrected chi connectivity index (χ3v) is 3.30. The van der Waals surface area contributed by atoms with Crippen molar-refractivity contribution in [2.24, 2.45) is 0 Å². The van der Waals surface area contributed by atoms with Gasteiger partial charge in [0.25, 0.3) is 0 Å². The van der Waals surface area contributed by atoms with Crippen molar-refractivity contribution >= 4 is 0 Å². The maximum Gasteiger partial charge on any atom is 0.0113 e. The van der Waals surface area contributed by atoms with Crippen LogP contribution in [0, 0.1) is 0 Å². The maximum absolute atomic E-state index is 3.49. The fourth-order valence-corrected chi connectivity index (χ4v) is 2.40. The lowest BCUT2D eigenvalue weighted by Gasteiger charge is -2.39. The first-order valence-electron chi connectivity index (χ1n) is 6.10. The molecule has 84 valence electrons. The van der Waals surface area contributed by atoms with E-state index in [2.05, 4.69) is 37.9 Å². The van der Waals surface area contributed by atoms with Gasteiger partial charge < -0.3 is 5.32 Å². The molecule has 1 aliphatic rings. The van der Waals surface area contributed by atoms with Crippen LogP contribution in [0.5, 0.6) is 0 Å². The fourth-order valence-electron chi connectivity index (χ4n) is 2.40. The number of likely N-dealkylation sites (tertiary alicyclic amines) is 1. The average molecular weight is 198 g/mol. The number of nitrogens with one attached hydrogen (secondary N) is 1. The van der Waals surface area contributed by atoms with Gasteiger partial charge in [0.2, 0.25) is 0 Å². The molecule has 0 aromatic heterocycles. The maximum atomic E-state index is 3.49. The molecule has 0 aromatic carbocycles. The molecule has 1 saturated heterocycles. The van der Waals surface area contributed by atoms with Crippen molar-refractivity contribution in [3.8, 4) is 0 Å². The molecule has 1 fully saturated rings. The number of rotatable bonds is 4. The predicted octanol–water partition coefficient (Wildman–Crippen LogP) is 2.25. The second-order valence-electron chi connectivity index (χ2n) is 4.98. The normalized spacial score (nSPS) is 29.8. The van der Waals surface area contributed by atoms with Gasteiger partial charge in [0.1, 0.15) is 0 Å². The Morgan fingerprint density at radius 2 is 1.79 bits per heavy atom. The molecule has 1 heterocycles. The zero-order chi connectivity index (χ0) is 10.6. The highest BCUT2D eigenvalue weighted by atomic mass is 15.2. The molecule has 1 aliphatic heterocycles. The Hall–Kier alpha value is -0.0800. The number of piperidine rings is 1. The summed E-state index contributed by atoms with van der Waals surface area (Å²) in [6.45, 7) is 11.5. The predicted molar refractivity (Wildman–Crippen MR) is 62.6 cm³/mol. The zero-order valence-electron chi connectivity index (χ0n) is 10.2. The molecule has 0 aliphatic carbocycles. The van der Waals surface area contributed by atoms with E-state index in [9.17, 15) is 0 Å². The largest absolute Gasteiger partial charge is 0.313 e. The highest BCUT2D eigenvalue weighted by Crippen LogP contribution is 2.21. The van der Waals surface area contributed by atoms with Gasteiger partial charge in [-0.2, -0.15) is 0 Å². The van der Waals surface area contributed by atoms with Crippen LogP contribution < -0.4 is 5.32 Å². The third-order valence-electron chi connectivity index (χ3n) is 3.30. The van der Waals surface area contributed by atoms with E-state index >= 15 is 0 Å². The summed E-state index contributed by atoms with van der Waals surface area (Å²) in [6.07, 6.45) is 4.18. The number of nitrogens with zero attached hydrogens (tertiary/aromatic N) is 1. The SMILES string of the molecule is CC(C)NCCN1C(C)CCCC1C. The summed E-state index contributed by atoms with van der Waals surface area (Å²) in [4.78, 5) is 2.65. The summed E-state index contributed by atoms with van der Waals surface area (Å²) < 4.78 is 0. The van der Waals surface area contributed by atoms with Crippen molar-refractivity contribution in [2.75, 3.05) is 13.1 Å². The van der Waals surface area contributed by atoms with Crippen LogP contribution in [0.15, 0.2) is 0 Å². The standard InChI is InChI=1S/C12H26N2/c1-10(2)13-8-9-14-11(3)6-5-7-12(14)4/h10-13H,5-9H2,1-4H3. The molecule has 1 N–H and O–H groups in total. The Bertz CT molecular complexity index is 146. The molecule has 0 bridgehead atoms. The molecule has 2 nitrogen and oxygen atoms in total. The molecule has 0 amide bonds. The van der Waals surface area contributed by atoms with Crippen LogP contribution in [-0.2, 0) is 0 Å². The van der Waals surface area contributed by atoms with Crippen LogP contribution in [0.1, 0.15) is 47.0 Å². The van der Waals surface area contributed by atoms with Gasteiger partial charge in [-0.25, -0.2) is 0 Å². The summed E-state index contributed by atoms with van der Waals surface area (Å²) in [6, 6.07) is 2.19. The molecular weight excluding hydrogens is 172 g/mol. The van der Waals surface area contributed by atoms with Gasteiger partial charge in [-0.1, -0.05) is 20.3 Å². The van der Waals surface area contributed by atoms with E-state index in [4.69, 9.17) is 0 Å². The summed E-state index contributed by atoms with van der Waals surface area (Å²) in [7, 11) is 0. The first-order chi connectivity index (χ1) is 6.61. The van der Waals surface area contributed by atoms with E-state index in [0.717, 1.165) is 18.6 Å². The van der Waals surface area contributed by atoms with E-state index < -0.39 is 0 Å². The summed E-state index contributed by atoms with van der Waals surface area (Å²) in [5, 5.41) is 3.49. The van der Waals surface area contributed by atoms with Gasteiger partial charge in [-0.3, -0.25) is 4.90 Å². The number of hydrogen-bond acceptors (Lipinski definition) is 2. The Labute approximate surface area is 89.1 Å². The molecule has 2 unspecified atom stereocenters. The Morgan fingerprint density at radius 1 is 1.21 bits per heavy atom. The van der Waals surface area contributed by atoms with E-state index in [0.29, 0.717) is 6.04 Å². The third kappa shape index (κ3) is 3.58. The fraction of sp³-hybridized carbons (Fsp3) is 1.00. The summed E-state index contributed by atoms with van der Waals surface area (Å²) in [5.41, 5.74) is 0. The van der Waals surface area contributed by atoms with Gasteiger partial charge in [0, 0.05) is 31.2 Å². The topological polar surface area (TPSA) is 15.3 Å². The van der Waals surface area contributed by atoms with E-state index in [-0.39, 0.29) is 0 Å². The minimum atomic E-state index is 0.616. The van der Waals surface area contributed by atoms with Crippen LogP contribution in [0.4, 0.5) is 0 Å². The van der Waals surface area contributed by atoms with Crippen molar-refractivity contribution in [3.05, 3.63) is 0 Å². The minimum absolute atomic E-state index is 0.616. The number of hydrogen-bond donors (Lipinski definition) is 1. The van der Waals surface area contributed by atoms with Crippen LogP contribution in [-0.4, -0.2) is 36.1 Å². The molecule has 0 saturated carbocycles. The summed E-state index contributed by atoms with van der Waals surface area (Å²) >= 11 is 0. The van der Waals surface area contributed by atoms with Crippen LogP contribution in [0.25, 0.3) is 0 Å². The Balaban J connectivity index is 2.26. The molecule has 2 heteroatoms. The molecule has 14 heavy (non-hydrogen) atoms.